The van der Waals surface area contributed by atoms with E-state index in [1.54, 1.807) is 6.07 Å². The lowest BCUT2D eigenvalue weighted by Crippen LogP contribution is -1.93. The van der Waals surface area contributed by atoms with Gasteiger partial charge >= 0.3 is 0 Å². The molecule has 0 fully saturated rings. The van der Waals surface area contributed by atoms with Crippen LogP contribution in [0.25, 0.3) is 11.1 Å². The topological polar surface area (TPSA) is 33.1 Å². The molecule has 1 aromatic carbocycles. The molecule has 82 valence electrons. The number of hydrogen-bond acceptors (Lipinski definition) is 2. The van der Waals surface area contributed by atoms with Crippen LogP contribution in [-0.4, -0.2) is 10.1 Å². The second-order valence-corrected chi connectivity index (χ2v) is 3.33. The fourth-order valence-electron chi connectivity index (χ4n) is 1.48. The fraction of sp³-hybridized carbons (Fsp3) is 0.0833. The smallest absolute Gasteiger partial charge is 0.142 e. The van der Waals surface area contributed by atoms with Crippen LogP contribution in [0.4, 0.5) is 8.78 Å². The SMILES string of the molecule is OCc1cccc(-c2cncc(F)c2)c1F. The summed E-state index contributed by atoms with van der Waals surface area (Å²) in [6.45, 7) is -0.386. The minimum atomic E-state index is -0.544. The number of hydrogen-bond donors (Lipinski definition) is 1. The molecule has 1 heterocycles. The number of aromatic nitrogens is 1. The summed E-state index contributed by atoms with van der Waals surface area (Å²) in [5, 5.41) is 8.91. The first-order chi connectivity index (χ1) is 7.72. The first-order valence-electron chi connectivity index (χ1n) is 4.71. The Labute approximate surface area is 91.2 Å². The van der Waals surface area contributed by atoms with Crippen LogP contribution in [0.15, 0.2) is 36.7 Å². The van der Waals surface area contributed by atoms with E-state index in [2.05, 4.69) is 4.98 Å². The Hall–Kier alpha value is -1.81. The van der Waals surface area contributed by atoms with Crippen LogP contribution in [0.1, 0.15) is 5.56 Å². The Kier molecular flexibility index (Phi) is 2.92. The van der Waals surface area contributed by atoms with Crippen molar-refractivity contribution in [1.82, 2.24) is 4.98 Å². The van der Waals surface area contributed by atoms with Gasteiger partial charge in [0, 0.05) is 22.9 Å². The number of benzene rings is 1. The maximum absolute atomic E-state index is 13.8. The predicted octanol–water partition coefficient (Wildman–Crippen LogP) is 2.52. The summed E-state index contributed by atoms with van der Waals surface area (Å²) in [6, 6.07) is 5.80. The summed E-state index contributed by atoms with van der Waals surface area (Å²) >= 11 is 0. The van der Waals surface area contributed by atoms with E-state index >= 15 is 0 Å². The van der Waals surface area contributed by atoms with E-state index in [4.69, 9.17) is 5.11 Å². The van der Waals surface area contributed by atoms with Gasteiger partial charge in [-0.25, -0.2) is 8.78 Å². The molecule has 2 aromatic rings. The highest BCUT2D eigenvalue weighted by Gasteiger charge is 2.09. The molecular weight excluding hydrogens is 212 g/mol. The van der Waals surface area contributed by atoms with Crippen molar-refractivity contribution in [3.63, 3.8) is 0 Å². The number of aliphatic hydroxyl groups is 1. The zero-order valence-corrected chi connectivity index (χ0v) is 8.32. The van der Waals surface area contributed by atoms with Gasteiger partial charge < -0.3 is 5.11 Å². The average Bonchev–Trinajstić information content (AvgIpc) is 2.29. The lowest BCUT2D eigenvalue weighted by Gasteiger charge is -2.06. The van der Waals surface area contributed by atoms with Crippen molar-refractivity contribution in [3.05, 3.63) is 53.9 Å². The maximum atomic E-state index is 13.8. The third-order valence-corrected chi connectivity index (χ3v) is 2.26. The molecule has 0 bridgehead atoms. The molecule has 0 aliphatic rings. The van der Waals surface area contributed by atoms with Crippen LogP contribution in [0.2, 0.25) is 0 Å². The number of nitrogens with zero attached hydrogens (tertiary/aromatic N) is 1. The Morgan fingerprint density at radius 1 is 1.19 bits per heavy atom. The number of pyridine rings is 1. The van der Waals surface area contributed by atoms with Crippen LogP contribution < -0.4 is 0 Å². The predicted molar refractivity (Wildman–Crippen MR) is 55.5 cm³/mol. The highest BCUT2D eigenvalue weighted by atomic mass is 19.1. The molecule has 0 amide bonds. The monoisotopic (exact) mass is 221 g/mol. The van der Waals surface area contributed by atoms with Gasteiger partial charge in [0.15, 0.2) is 0 Å². The number of aliphatic hydroxyl groups excluding tert-OH is 1. The van der Waals surface area contributed by atoms with Crippen LogP contribution in [-0.2, 0) is 6.61 Å². The molecule has 2 rings (SSSR count). The second kappa shape index (κ2) is 4.37. The average molecular weight is 221 g/mol. The normalized spacial score (nSPS) is 10.4. The summed E-state index contributed by atoms with van der Waals surface area (Å²) in [7, 11) is 0. The molecule has 0 saturated carbocycles. The van der Waals surface area contributed by atoms with Crippen LogP contribution in [0, 0.1) is 11.6 Å². The van der Waals surface area contributed by atoms with E-state index < -0.39 is 11.6 Å². The van der Waals surface area contributed by atoms with Gasteiger partial charge in [-0.2, -0.15) is 0 Å². The van der Waals surface area contributed by atoms with Crippen LogP contribution in [0.5, 0.6) is 0 Å². The molecule has 4 heteroatoms. The zero-order valence-electron chi connectivity index (χ0n) is 8.32. The summed E-state index contributed by atoms with van der Waals surface area (Å²) < 4.78 is 26.7. The second-order valence-electron chi connectivity index (χ2n) is 3.33. The largest absolute Gasteiger partial charge is 0.392 e. The molecular formula is C12H9F2NO. The van der Waals surface area contributed by atoms with Gasteiger partial charge in [-0.1, -0.05) is 18.2 Å². The molecule has 0 saturated heterocycles. The molecule has 0 atom stereocenters. The molecule has 0 unspecified atom stereocenters. The molecule has 16 heavy (non-hydrogen) atoms. The van der Waals surface area contributed by atoms with Crippen molar-refractivity contribution in [2.75, 3.05) is 0 Å². The first kappa shape index (κ1) is 10.7. The fourth-order valence-corrected chi connectivity index (χ4v) is 1.48. The summed E-state index contributed by atoms with van der Waals surface area (Å²) in [5.41, 5.74) is 0.771. The molecule has 1 aromatic heterocycles. The van der Waals surface area contributed by atoms with Crippen molar-refractivity contribution in [1.29, 1.82) is 0 Å². The summed E-state index contributed by atoms with van der Waals surface area (Å²) in [6.07, 6.45) is 2.43. The molecule has 0 spiro atoms. The van der Waals surface area contributed by atoms with Gasteiger partial charge in [0.05, 0.1) is 12.8 Å². The van der Waals surface area contributed by atoms with E-state index in [1.807, 2.05) is 0 Å². The Morgan fingerprint density at radius 3 is 2.69 bits per heavy atom. The van der Waals surface area contributed by atoms with Crippen LogP contribution in [0.3, 0.4) is 0 Å². The van der Waals surface area contributed by atoms with E-state index in [0.29, 0.717) is 5.56 Å². The zero-order chi connectivity index (χ0) is 11.5. The minimum Gasteiger partial charge on any atom is -0.392 e. The highest BCUT2D eigenvalue weighted by molar-refractivity contribution is 5.64. The van der Waals surface area contributed by atoms with E-state index in [9.17, 15) is 8.78 Å². The molecule has 0 aliphatic carbocycles. The van der Waals surface area contributed by atoms with Crippen molar-refractivity contribution in [2.45, 2.75) is 6.61 Å². The summed E-state index contributed by atoms with van der Waals surface area (Å²) in [5.74, 6) is -1.07. The summed E-state index contributed by atoms with van der Waals surface area (Å²) in [4.78, 5) is 3.65. The van der Waals surface area contributed by atoms with Gasteiger partial charge in [-0.3, -0.25) is 4.98 Å². The van der Waals surface area contributed by atoms with E-state index in [1.165, 1.54) is 24.4 Å². The Morgan fingerprint density at radius 2 is 2.00 bits per heavy atom. The van der Waals surface area contributed by atoms with Gasteiger partial charge in [0.2, 0.25) is 0 Å². The molecule has 0 radical (unpaired) electrons. The van der Waals surface area contributed by atoms with Crippen molar-refractivity contribution in [2.24, 2.45) is 0 Å². The quantitative estimate of drug-likeness (QED) is 0.845. The van der Waals surface area contributed by atoms with Crippen molar-refractivity contribution < 1.29 is 13.9 Å². The number of rotatable bonds is 2. The standard InChI is InChI=1S/C12H9F2NO/c13-10-4-9(5-15-6-10)11-3-1-2-8(7-16)12(11)14/h1-6,16H,7H2. The minimum absolute atomic E-state index is 0.182. The third kappa shape index (κ3) is 1.92. The Bertz CT molecular complexity index is 514. The van der Waals surface area contributed by atoms with Gasteiger partial charge in [0.1, 0.15) is 11.6 Å². The molecule has 0 aliphatic heterocycles. The van der Waals surface area contributed by atoms with Gasteiger partial charge in [0.25, 0.3) is 0 Å². The molecule has 1 N–H and O–H groups in total. The van der Waals surface area contributed by atoms with E-state index in [0.717, 1.165) is 6.20 Å². The van der Waals surface area contributed by atoms with Crippen LogP contribution >= 0.6 is 0 Å². The lowest BCUT2D eigenvalue weighted by molar-refractivity contribution is 0.276. The molecule has 2 nitrogen and oxygen atoms in total. The lowest BCUT2D eigenvalue weighted by atomic mass is 10.0. The van der Waals surface area contributed by atoms with Gasteiger partial charge in [-0.15, -0.1) is 0 Å². The highest BCUT2D eigenvalue weighted by Crippen LogP contribution is 2.24. The van der Waals surface area contributed by atoms with E-state index in [-0.39, 0.29) is 17.7 Å². The van der Waals surface area contributed by atoms with Crippen molar-refractivity contribution >= 4 is 0 Å². The van der Waals surface area contributed by atoms with Gasteiger partial charge in [-0.05, 0) is 6.07 Å². The Balaban J connectivity index is 2.56. The first-order valence-corrected chi connectivity index (χ1v) is 4.71. The van der Waals surface area contributed by atoms with Crippen molar-refractivity contribution in [3.8, 4) is 11.1 Å². The third-order valence-electron chi connectivity index (χ3n) is 2.26. The number of halogens is 2. The maximum Gasteiger partial charge on any atom is 0.142 e.